The van der Waals surface area contributed by atoms with Gasteiger partial charge in [-0.1, -0.05) is 98.9 Å². The van der Waals surface area contributed by atoms with E-state index >= 15 is 0 Å². The molecule has 0 aliphatic heterocycles. The average molecular weight is 523 g/mol. The Morgan fingerprint density at radius 1 is 0.475 bits per heavy atom. The molecule has 0 spiro atoms. The summed E-state index contributed by atoms with van der Waals surface area (Å²) >= 11 is 0. The normalized spacial score (nSPS) is 10.2. The summed E-state index contributed by atoms with van der Waals surface area (Å²) in [6.45, 7) is 4.31. The van der Waals surface area contributed by atoms with Crippen LogP contribution in [0.4, 0.5) is 0 Å². The Morgan fingerprint density at radius 3 is 1.07 bits per heavy atom. The highest BCUT2D eigenvalue weighted by atomic mass is 16.1. The molecule has 0 N–H and O–H groups in total. The van der Waals surface area contributed by atoms with Gasteiger partial charge in [-0.25, -0.2) is 0 Å². The van der Waals surface area contributed by atoms with E-state index in [1.165, 1.54) is 0 Å². The van der Waals surface area contributed by atoms with Gasteiger partial charge in [0.2, 0.25) is 0 Å². The van der Waals surface area contributed by atoms with Crippen molar-refractivity contribution < 1.29 is 9.59 Å². The van der Waals surface area contributed by atoms with Crippen molar-refractivity contribution in [2.75, 3.05) is 0 Å². The van der Waals surface area contributed by atoms with Crippen molar-refractivity contribution in [3.8, 4) is 34.8 Å². The maximum atomic E-state index is 13.0. The molecular formula is C38H34O2. The van der Waals surface area contributed by atoms with Gasteiger partial charge in [0.25, 0.3) is 0 Å². The summed E-state index contributed by atoms with van der Waals surface area (Å²) in [6, 6.07) is 30.1. The van der Waals surface area contributed by atoms with E-state index in [1.54, 1.807) is 0 Å². The van der Waals surface area contributed by atoms with Crippen LogP contribution < -0.4 is 0 Å². The third-order valence-corrected chi connectivity index (χ3v) is 6.70. The largest absolute Gasteiger partial charge is 0.289 e. The zero-order valence-corrected chi connectivity index (χ0v) is 23.3. The average Bonchev–Trinajstić information content (AvgIpc) is 3.01. The number of carbonyl (C=O) groups is 2. The van der Waals surface area contributed by atoms with Gasteiger partial charge in [0.05, 0.1) is 0 Å². The molecule has 2 heteroatoms. The number of rotatable bonds is 9. The first-order valence-corrected chi connectivity index (χ1v) is 14.1. The van der Waals surface area contributed by atoms with Crippen LogP contribution in [0.3, 0.4) is 0 Å². The van der Waals surface area contributed by atoms with Crippen molar-refractivity contribution in [3.63, 3.8) is 0 Å². The molecular weight excluding hydrogens is 488 g/mol. The summed E-state index contributed by atoms with van der Waals surface area (Å²) in [7, 11) is 0. The highest BCUT2D eigenvalue weighted by Crippen LogP contribution is 2.23. The van der Waals surface area contributed by atoms with E-state index in [9.17, 15) is 9.59 Å². The van der Waals surface area contributed by atoms with Crippen molar-refractivity contribution in [1.82, 2.24) is 0 Å². The second-order valence-corrected chi connectivity index (χ2v) is 9.78. The number of carbonyl (C=O) groups excluding carboxylic acids is 2. The van der Waals surface area contributed by atoms with Crippen molar-refractivity contribution in [2.45, 2.75) is 52.4 Å². The third-order valence-electron chi connectivity index (χ3n) is 6.70. The number of hydrogen-bond acceptors (Lipinski definition) is 2. The summed E-state index contributed by atoms with van der Waals surface area (Å²) in [6.07, 6.45) is 6.27. The summed E-state index contributed by atoms with van der Waals surface area (Å²) in [5.74, 6) is 12.6. The second-order valence-electron chi connectivity index (χ2n) is 9.78. The third kappa shape index (κ3) is 7.69. The standard InChI is InChI=1S/C38H34O2/c1-3-5-7-9-11-29-13-17-33(18-14-29)37(39)35-25-21-31(22-26-35)32-23-27-36(28-24-32)38(40)34-19-15-30(16-20-34)12-10-8-6-4-2/h13-28H,3-8H2,1-2H3. The smallest absolute Gasteiger partial charge is 0.193 e. The maximum Gasteiger partial charge on any atom is 0.193 e. The lowest BCUT2D eigenvalue weighted by molar-refractivity contribution is 0.103. The van der Waals surface area contributed by atoms with Crippen LogP contribution in [-0.4, -0.2) is 11.6 Å². The molecule has 198 valence electrons. The molecule has 0 heterocycles. The van der Waals surface area contributed by atoms with Crippen LogP contribution in [0.1, 0.15) is 95.3 Å². The monoisotopic (exact) mass is 522 g/mol. The van der Waals surface area contributed by atoms with Gasteiger partial charge in [0.1, 0.15) is 0 Å². The van der Waals surface area contributed by atoms with Gasteiger partial charge < -0.3 is 0 Å². The first-order chi connectivity index (χ1) is 19.6. The van der Waals surface area contributed by atoms with Crippen LogP contribution in [-0.2, 0) is 0 Å². The van der Waals surface area contributed by atoms with E-state index < -0.39 is 0 Å². The van der Waals surface area contributed by atoms with Crippen LogP contribution in [0.2, 0.25) is 0 Å². The fourth-order valence-electron chi connectivity index (χ4n) is 4.23. The molecule has 0 aliphatic carbocycles. The van der Waals surface area contributed by atoms with E-state index in [0.29, 0.717) is 22.3 Å². The molecule has 0 atom stereocenters. The molecule has 2 nitrogen and oxygen atoms in total. The molecule has 0 aromatic heterocycles. The number of benzene rings is 4. The lowest BCUT2D eigenvalue weighted by atomic mass is 9.97. The van der Waals surface area contributed by atoms with Crippen LogP contribution in [0.5, 0.6) is 0 Å². The zero-order valence-electron chi connectivity index (χ0n) is 23.3. The van der Waals surface area contributed by atoms with Crippen LogP contribution in [0.15, 0.2) is 97.1 Å². The van der Waals surface area contributed by atoms with Gasteiger partial charge in [-0.2, -0.15) is 0 Å². The van der Waals surface area contributed by atoms with Crippen LogP contribution in [0.25, 0.3) is 11.1 Å². The van der Waals surface area contributed by atoms with E-state index in [4.69, 9.17) is 0 Å². The van der Waals surface area contributed by atoms with Crippen LogP contribution in [0, 0.1) is 23.7 Å². The predicted octanol–water partition coefficient (Wildman–Crippen LogP) is 8.90. The molecule has 0 saturated carbocycles. The quantitative estimate of drug-likeness (QED) is 0.125. The molecule has 4 aromatic carbocycles. The zero-order chi connectivity index (χ0) is 28.2. The highest BCUT2D eigenvalue weighted by molar-refractivity contribution is 6.10. The minimum atomic E-state index is -0.0176. The molecule has 0 radical (unpaired) electrons. The van der Waals surface area contributed by atoms with Gasteiger partial charge in [0, 0.05) is 46.2 Å². The molecule has 0 aliphatic rings. The van der Waals surface area contributed by atoms with E-state index in [1.807, 2.05) is 97.1 Å². The Balaban J connectivity index is 1.39. The van der Waals surface area contributed by atoms with Gasteiger partial charge in [-0.3, -0.25) is 9.59 Å². The minimum Gasteiger partial charge on any atom is -0.289 e. The number of ketones is 2. The Kier molecular flexibility index (Phi) is 10.3. The van der Waals surface area contributed by atoms with Crippen LogP contribution >= 0.6 is 0 Å². The summed E-state index contributed by atoms with van der Waals surface area (Å²) < 4.78 is 0. The fraction of sp³-hybridized carbons (Fsp3) is 0.211. The second kappa shape index (κ2) is 14.5. The Labute approximate surface area is 238 Å². The molecule has 0 amide bonds. The van der Waals surface area contributed by atoms with Gasteiger partial charge in [-0.05, 0) is 72.5 Å². The van der Waals surface area contributed by atoms with Crippen molar-refractivity contribution in [1.29, 1.82) is 0 Å². The SMILES string of the molecule is CCCCC#Cc1ccc(C(=O)c2ccc(-c3ccc(C(=O)c4ccc(C#CCCCC)cc4)cc3)cc2)cc1. The first-order valence-electron chi connectivity index (χ1n) is 14.1. The summed E-state index contributed by atoms with van der Waals surface area (Å²) in [5, 5.41) is 0. The topological polar surface area (TPSA) is 34.1 Å². The molecule has 40 heavy (non-hydrogen) atoms. The Hall–Kier alpha value is -4.66. The maximum absolute atomic E-state index is 13.0. The van der Waals surface area contributed by atoms with E-state index in [0.717, 1.165) is 60.8 Å². The van der Waals surface area contributed by atoms with E-state index in [2.05, 4.69) is 37.5 Å². The molecule has 0 bridgehead atoms. The minimum absolute atomic E-state index is 0.0176. The van der Waals surface area contributed by atoms with Gasteiger partial charge in [-0.15, -0.1) is 0 Å². The Bertz CT molecular complexity index is 1430. The number of unbranched alkanes of at least 4 members (excludes halogenated alkanes) is 4. The lowest BCUT2D eigenvalue weighted by Crippen LogP contribution is -2.01. The van der Waals surface area contributed by atoms with Crippen molar-refractivity contribution in [3.05, 3.63) is 130 Å². The van der Waals surface area contributed by atoms with Gasteiger partial charge >= 0.3 is 0 Å². The predicted molar refractivity (Wildman–Crippen MR) is 164 cm³/mol. The van der Waals surface area contributed by atoms with Gasteiger partial charge in [0.15, 0.2) is 11.6 Å². The molecule has 0 fully saturated rings. The highest BCUT2D eigenvalue weighted by Gasteiger charge is 2.11. The number of hydrogen-bond donors (Lipinski definition) is 0. The fourth-order valence-corrected chi connectivity index (χ4v) is 4.23. The van der Waals surface area contributed by atoms with Crippen molar-refractivity contribution >= 4 is 11.6 Å². The molecule has 4 aromatic rings. The summed E-state index contributed by atoms with van der Waals surface area (Å²) in [4.78, 5) is 26.0. The van der Waals surface area contributed by atoms with Crippen molar-refractivity contribution in [2.24, 2.45) is 0 Å². The molecule has 0 unspecified atom stereocenters. The lowest BCUT2D eigenvalue weighted by Gasteiger charge is -2.07. The summed E-state index contributed by atoms with van der Waals surface area (Å²) in [5.41, 5.74) is 6.38. The first kappa shape index (κ1) is 28.4. The molecule has 4 rings (SSSR count). The van der Waals surface area contributed by atoms with E-state index in [-0.39, 0.29) is 11.6 Å². The molecule has 0 saturated heterocycles. The Morgan fingerprint density at radius 2 is 0.775 bits per heavy atom.